The largest absolute Gasteiger partial charge is 0.347 e. The van der Waals surface area contributed by atoms with Gasteiger partial charge in [-0.05, 0) is 52.3 Å². The van der Waals surface area contributed by atoms with Crippen LogP contribution in [0.5, 0.6) is 0 Å². The van der Waals surface area contributed by atoms with Gasteiger partial charge in [-0.25, -0.2) is 0 Å². The number of allylic oxidation sites excluding steroid dienone is 6. The second-order valence-electron chi connectivity index (χ2n) is 5.59. The van der Waals surface area contributed by atoms with E-state index in [-0.39, 0.29) is 0 Å². The minimum absolute atomic E-state index is 0.901. The summed E-state index contributed by atoms with van der Waals surface area (Å²) in [5, 5.41) is 3.21. The van der Waals surface area contributed by atoms with Gasteiger partial charge in [0.2, 0.25) is 0 Å². The minimum Gasteiger partial charge on any atom is -0.347 e. The van der Waals surface area contributed by atoms with E-state index < -0.39 is 0 Å². The van der Waals surface area contributed by atoms with Crippen LogP contribution in [0.1, 0.15) is 59.9 Å². The van der Waals surface area contributed by atoms with Crippen molar-refractivity contribution < 1.29 is 0 Å². The van der Waals surface area contributed by atoms with Crippen LogP contribution in [-0.2, 0) is 6.54 Å². The Kier molecular flexibility index (Phi) is 22.1. The van der Waals surface area contributed by atoms with Crippen molar-refractivity contribution in [2.24, 2.45) is 0 Å². The molecule has 1 rings (SSSR count). The summed E-state index contributed by atoms with van der Waals surface area (Å²) in [6.07, 6.45) is 16.9. The van der Waals surface area contributed by atoms with Gasteiger partial charge < -0.3 is 10.2 Å². The zero-order valence-electron chi connectivity index (χ0n) is 18.7. The summed E-state index contributed by atoms with van der Waals surface area (Å²) in [5.41, 5.74) is 2.66. The molecule has 0 radical (unpaired) electrons. The molecule has 0 unspecified atom stereocenters. The molecule has 0 aliphatic rings. The van der Waals surface area contributed by atoms with E-state index in [2.05, 4.69) is 91.0 Å². The van der Waals surface area contributed by atoms with Crippen molar-refractivity contribution in [2.45, 2.75) is 60.9 Å². The van der Waals surface area contributed by atoms with E-state index in [9.17, 15) is 0 Å². The van der Waals surface area contributed by atoms with Crippen molar-refractivity contribution in [1.29, 1.82) is 0 Å². The second kappa shape index (κ2) is 22.0. The Morgan fingerprint density at radius 2 is 1.67 bits per heavy atom. The first kappa shape index (κ1) is 27.2. The van der Waals surface area contributed by atoms with Crippen LogP contribution in [0.15, 0.2) is 78.7 Å². The van der Waals surface area contributed by atoms with Crippen LogP contribution in [0.3, 0.4) is 0 Å². The van der Waals surface area contributed by atoms with Crippen molar-refractivity contribution in [1.82, 2.24) is 10.2 Å². The topological polar surface area (TPSA) is 15.3 Å². The van der Waals surface area contributed by atoms with Crippen LogP contribution in [0.2, 0.25) is 0 Å². The van der Waals surface area contributed by atoms with Gasteiger partial charge in [0, 0.05) is 25.0 Å². The van der Waals surface area contributed by atoms with Crippen molar-refractivity contribution in [3.63, 3.8) is 0 Å². The quantitative estimate of drug-likeness (QED) is 0.369. The van der Waals surface area contributed by atoms with Gasteiger partial charge in [0.15, 0.2) is 0 Å². The van der Waals surface area contributed by atoms with E-state index in [0.717, 1.165) is 25.9 Å². The number of rotatable bonds is 9. The van der Waals surface area contributed by atoms with E-state index in [4.69, 9.17) is 0 Å². The molecule has 0 spiro atoms. The lowest BCUT2D eigenvalue weighted by Crippen LogP contribution is -2.20. The highest BCUT2D eigenvalue weighted by Gasteiger charge is 2.06. The maximum Gasteiger partial charge on any atom is 0.0472 e. The molecule has 0 fully saturated rings. The molecule has 0 saturated carbocycles. The summed E-state index contributed by atoms with van der Waals surface area (Å²) in [5.74, 6) is 0. The van der Waals surface area contributed by atoms with Crippen molar-refractivity contribution in [3.05, 3.63) is 84.2 Å². The number of nitrogens with one attached hydrogen (secondary N) is 1. The summed E-state index contributed by atoms with van der Waals surface area (Å²) in [6, 6.07) is 10.6. The molecule has 27 heavy (non-hydrogen) atoms. The Morgan fingerprint density at radius 3 is 2.11 bits per heavy atom. The van der Waals surface area contributed by atoms with Gasteiger partial charge >= 0.3 is 0 Å². The Balaban J connectivity index is 0. The Labute approximate surface area is 169 Å². The lowest BCUT2D eigenvalue weighted by atomic mass is 10.2. The first-order chi connectivity index (χ1) is 13.2. The molecule has 0 bridgehead atoms. The monoisotopic (exact) mass is 370 g/mol. The highest BCUT2D eigenvalue weighted by molar-refractivity contribution is 5.18. The van der Waals surface area contributed by atoms with Gasteiger partial charge in [0.25, 0.3) is 0 Å². The maximum absolute atomic E-state index is 3.21. The van der Waals surface area contributed by atoms with E-state index in [1.54, 1.807) is 0 Å². The smallest absolute Gasteiger partial charge is 0.0472 e. The average molecular weight is 371 g/mol. The Hall–Kier alpha value is -2.06. The fourth-order valence-electron chi connectivity index (χ4n) is 2.24. The molecule has 2 heteroatoms. The lowest BCUT2D eigenvalue weighted by Gasteiger charge is -2.24. The number of nitrogens with zero attached hydrogens (tertiary/aromatic N) is 1. The first-order valence-electron chi connectivity index (χ1n) is 10.2. The first-order valence-corrected chi connectivity index (χ1v) is 10.2. The minimum atomic E-state index is 0.901. The normalized spacial score (nSPS) is 11.3. The molecule has 1 aromatic carbocycles. The molecular weight excluding hydrogens is 328 g/mol. The summed E-state index contributed by atoms with van der Waals surface area (Å²) in [4.78, 5) is 2.31. The molecular formula is C25H42N2. The van der Waals surface area contributed by atoms with Crippen LogP contribution in [0.4, 0.5) is 0 Å². The fraction of sp³-hybridized carbons (Fsp3) is 0.440. The van der Waals surface area contributed by atoms with Crippen LogP contribution < -0.4 is 5.32 Å². The molecule has 0 heterocycles. The van der Waals surface area contributed by atoms with Gasteiger partial charge in [0.05, 0.1) is 0 Å². The third-order valence-electron chi connectivity index (χ3n) is 3.57. The highest BCUT2D eigenvalue weighted by atomic mass is 15.1. The molecule has 0 aliphatic carbocycles. The molecule has 0 atom stereocenters. The molecule has 1 aromatic rings. The number of hydrogen-bond acceptors (Lipinski definition) is 2. The van der Waals surface area contributed by atoms with Gasteiger partial charge in [-0.2, -0.15) is 0 Å². The molecule has 2 nitrogen and oxygen atoms in total. The van der Waals surface area contributed by atoms with Crippen molar-refractivity contribution >= 4 is 0 Å². The molecule has 1 N–H and O–H groups in total. The van der Waals surface area contributed by atoms with Crippen LogP contribution in [-0.4, -0.2) is 18.5 Å². The van der Waals surface area contributed by atoms with Gasteiger partial charge in [-0.1, -0.05) is 81.5 Å². The van der Waals surface area contributed by atoms with E-state index in [1.165, 1.54) is 11.3 Å². The van der Waals surface area contributed by atoms with E-state index in [1.807, 2.05) is 40.8 Å². The molecule has 0 aromatic heterocycles. The molecule has 152 valence electrons. The van der Waals surface area contributed by atoms with Gasteiger partial charge in [-0.15, -0.1) is 0 Å². The summed E-state index contributed by atoms with van der Waals surface area (Å²) < 4.78 is 0. The number of benzene rings is 1. The summed E-state index contributed by atoms with van der Waals surface area (Å²) in [6.45, 7) is 14.2. The van der Waals surface area contributed by atoms with Crippen LogP contribution >= 0.6 is 0 Å². The third kappa shape index (κ3) is 15.9. The highest BCUT2D eigenvalue weighted by Crippen LogP contribution is 2.14. The Bertz CT molecular complexity index is 525. The van der Waals surface area contributed by atoms with Crippen molar-refractivity contribution in [3.8, 4) is 0 Å². The maximum atomic E-state index is 3.21. The standard InChI is InChI=1S/C18H26N2.C5H10.C2H6/c1-4-6-10-15-20(18(5-2)13-14-19-3)16-17-11-8-7-9-12-17;1-3-5-4-2;1-2/h4-12,15,19H,13-14,16H2,1-3H3;3,5H,4H2,1-2H3;1-2H3/b6-4+,15-10+,18-5+;5-3-;. The SMILES string of the molecule is C/C=C/C=C/N(Cc1ccccc1)/C(=C/C)CCNC.C/C=C\CC.CC. The van der Waals surface area contributed by atoms with Gasteiger partial charge in [-0.3, -0.25) is 0 Å². The number of hydrogen-bond donors (Lipinski definition) is 1. The van der Waals surface area contributed by atoms with E-state index >= 15 is 0 Å². The molecule has 0 saturated heterocycles. The van der Waals surface area contributed by atoms with Crippen LogP contribution in [0, 0.1) is 0 Å². The van der Waals surface area contributed by atoms with Crippen LogP contribution in [0.25, 0.3) is 0 Å². The predicted molar refractivity (Wildman–Crippen MR) is 125 cm³/mol. The zero-order valence-corrected chi connectivity index (χ0v) is 18.7. The average Bonchev–Trinajstić information content (AvgIpc) is 2.72. The zero-order chi connectivity index (χ0) is 20.8. The molecule has 0 aliphatic heterocycles. The second-order valence-corrected chi connectivity index (χ2v) is 5.59. The third-order valence-corrected chi connectivity index (χ3v) is 3.57. The fourth-order valence-corrected chi connectivity index (χ4v) is 2.24. The summed E-state index contributed by atoms with van der Waals surface area (Å²) >= 11 is 0. The molecule has 0 amide bonds. The Morgan fingerprint density at radius 1 is 1.00 bits per heavy atom. The lowest BCUT2D eigenvalue weighted by molar-refractivity contribution is 0.436. The summed E-state index contributed by atoms with van der Waals surface area (Å²) in [7, 11) is 1.99. The van der Waals surface area contributed by atoms with E-state index in [0.29, 0.717) is 0 Å². The predicted octanol–water partition coefficient (Wildman–Crippen LogP) is 7.09. The van der Waals surface area contributed by atoms with Crippen molar-refractivity contribution in [2.75, 3.05) is 13.6 Å². The van der Waals surface area contributed by atoms with Gasteiger partial charge in [0.1, 0.15) is 0 Å².